The van der Waals surface area contributed by atoms with Gasteiger partial charge in [0.15, 0.2) is 5.78 Å². The summed E-state index contributed by atoms with van der Waals surface area (Å²) >= 11 is 0. The van der Waals surface area contributed by atoms with Crippen molar-refractivity contribution in [2.45, 2.75) is 13.5 Å². The Morgan fingerprint density at radius 3 is 2.19 bits per heavy atom. The molecule has 0 saturated carbocycles. The third kappa shape index (κ3) is 4.36. The molecule has 0 bridgehead atoms. The molecule has 130 valence electrons. The number of rotatable bonds is 6. The molecule has 0 aliphatic heterocycles. The zero-order valence-corrected chi connectivity index (χ0v) is 14.4. The number of carbonyl (C=O) groups excluding carboxylic acids is 2. The Bertz CT molecular complexity index is 902. The molecule has 0 fully saturated rings. The van der Waals surface area contributed by atoms with E-state index in [0.717, 1.165) is 5.56 Å². The lowest BCUT2D eigenvalue weighted by Crippen LogP contribution is -2.13. The van der Waals surface area contributed by atoms with Crippen LogP contribution in [0.15, 0.2) is 78.9 Å². The number of nitrogens with one attached hydrogen (secondary N) is 1. The highest BCUT2D eigenvalue weighted by atomic mass is 16.5. The predicted octanol–water partition coefficient (Wildman–Crippen LogP) is 4.72. The van der Waals surface area contributed by atoms with Gasteiger partial charge in [-0.05, 0) is 48.9 Å². The lowest BCUT2D eigenvalue weighted by atomic mass is 10.1. The van der Waals surface area contributed by atoms with Gasteiger partial charge in [-0.25, -0.2) is 0 Å². The van der Waals surface area contributed by atoms with Gasteiger partial charge in [0, 0.05) is 11.3 Å². The molecule has 0 atom stereocenters. The molecule has 0 spiro atoms. The first-order chi connectivity index (χ1) is 12.6. The van der Waals surface area contributed by atoms with Gasteiger partial charge in [0.05, 0.1) is 5.56 Å². The summed E-state index contributed by atoms with van der Waals surface area (Å²) in [6.45, 7) is 1.90. The minimum Gasteiger partial charge on any atom is -0.488 e. The number of benzene rings is 3. The number of carbonyl (C=O) groups is 2. The van der Waals surface area contributed by atoms with Crippen molar-refractivity contribution in [3.63, 3.8) is 0 Å². The van der Waals surface area contributed by atoms with Gasteiger partial charge < -0.3 is 10.1 Å². The Kier molecular flexibility index (Phi) is 5.44. The van der Waals surface area contributed by atoms with Gasteiger partial charge in [0.2, 0.25) is 0 Å². The van der Waals surface area contributed by atoms with Crippen molar-refractivity contribution in [1.82, 2.24) is 0 Å². The van der Waals surface area contributed by atoms with E-state index in [-0.39, 0.29) is 11.7 Å². The lowest BCUT2D eigenvalue weighted by molar-refractivity contribution is 0.101. The maximum atomic E-state index is 12.6. The van der Waals surface area contributed by atoms with E-state index in [0.29, 0.717) is 29.2 Å². The van der Waals surface area contributed by atoms with Crippen LogP contribution in [-0.2, 0) is 6.61 Å². The number of amides is 1. The Morgan fingerprint density at radius 1 is 0.846 bits per heavy atom. The van der Waals surface area contributed by atoms with E-state index in [2.05, 4.69) is 5.32 Å². The fourth-order valence-electron chi connectivity index (χ4n) is 2.50. The van der Waals surface area contributed by atoms with E-state index in [4.69, 9.17) is 4.74 Å². The lowest BCUT2D eigenvalue weighted by Gasteiger charge is -2.12. The smallest absolute Gasteiger partial charge is 0.259 e. The Hall–Kier alpha value is -3.40. The fourth-order valence-corrected chi connectivity index (χ4v) is 2.50. The van der Waals surface area contributed by atoms with Crippen molar-refractivity contribution in [2.24, 2.45) is 0 Å². The summed E-state index contributed by atoms with van der Waals surface area (Å²) in [5.41, 5.74) is 2.72. The molecule has 4 nitrogen and oxygen atoms in total. The topological polar surface area (TPSA) is 55.4 Å². The summed E-state index contributed by atoms with van der Waals surface area (Å²) in [6.07, 6.45) is 0. The molecule has 1 N–H and O–H groups in total. The quantitative estimate of drug-likeness (QED) is 0.658. The van der Waals surface area contributed by atoms with Crippen molar-refractivity contribution in [3.05, 3.63) is 95.6 Å². The highest BCUT2D eigenvalue weighted by Gasteiger charge is 2.12. The highest BCUT2D eigenvalue weighted by molar-refractivity contribution is 6.06. The number of anilines is 1. The highest BCUT2D eigenvalue weighted by Crippen LogP contribution is 2.21. The first-order valence-corrected chi connectivity index (χ1v) is 8.31. The summed E-state index contributed by atoms with van der Waals surface area (Å²) in [6, 6.07) is 23.7. The normalized spacial score (nSPS) is 10.2. The number of hydrogen-bond donors (Lipinski definition) is 1. The Labute approximate surface area is 152 Å². The van der Waals surface area contributed by atoms with Gasteiger partial charge in [0.25, 0.3) is 5.91 Å². The first kappa shape index (κ1) is 17.4. The molecule has 3 rings (SSSR count). The van der Waals surface area contributed by atoms with Gasteiger partial charge in [-0.3, -0.25) is 9.59 Å². The van der Waals surface area contributed by atoms with Crippen LogP contribution in [-0.4, -0.2) is 11.7 Å². The third-order valence-electron chi connectivity index (χ3n) is 3.92. The molecule has 0 heterocycles. The fraction of sp³-hybridized carbons (Fsp3) is 0.0909. The van der Waals surface area contributed by atoms with Gasteiger partial charge in [-0.15, -0.1) is 0 Å². The molecule has 4 heteroatoms. The number of ether oxygens (including phenoxy) is 1. The minimum atomic E-state index is -0.260. The van der Waals surface area contributed by atoms with Crippen LogP contribution in [0.4, 0.5) is 5.69 Å². The number of hydrogen-bond acceptors (Lipinski definition) is 3. The van der Waals surface area contributed by atoms with Gasteiger partial charge >= 0.3 is 0 Å². The van der Waals surface area contributed by atoms with Crippen LogP contribution in [0.2, 0.25) is 0 Å². The molecule has 0 unspecified atom stereocenters. The number of Topliss-reactive ketones (excluding diaryl/α,β-unsaturated/α-hetero) is 1. The predicted molar refractivity (Wildman–Crippen MR) is 102 cm³/mol. The zero-order chi connectivity index (χ0) is 18.4. The van der Waals surface area contributed by atoms with E-state index in [1.807, 2.05) is 36.4 Å². The van der Waals surface area contributed by atoms with Crippen LogP contribution in [0.25, 0.3) is 0 Å². The monoisotopic (exact) mass is 345 g/mol. The van der Waals surface area contributed by atoms with Crippen molar-refractivity contribution in [2.75, 3.05) is 5.32 Å². The van der Waals surface area contributed by atoms with Gasteiger partial charge in [-0.1, -0.05) is 42.5 Å². The number of ketones is 1. The summed E-state index contributed by atoms with van der Waals surface area (Å²) in [4.78, 5) is 23.9. The molecule has 0 aliphatic rings. The molecular weight excluding hydrogens is 326 g/mol. The van der Waals surface area contributed by atoms with Gasteiger partial charge in [-0.2, -0.15) is 0 Å². The molecule has 0 radical (unpaired) electrons. The molecular formula is C22H19NO3. The molecule has 1 amide bonds. The molecule has 0 aliphatic carbocycles. The third-order valence-corrected chi connectivity index (χ3v) is 3.92. The van der Waals surface area contributed by atoms with E-state index in [9.17, 15) is 9.59 Å². The van der Waals surface area contributed by atoms with Crippen molar-refractivity contribution in [1.29, 1.82) is 0 Å². The van der Waals surface area contributed by atoms with E-state index >= 15 is 0 Å². The molecule has 0 aromatic heterocycles. The summed E-state index contributed by atoms with van der Waals surface area (Å²) in [5.74, 6) is 0.251. The second-order valence-corrected chi connectivity index (χ2v) is 5.86. The summed E-state index contributed by atoms with van der Waals surface area (Å²) in [7, 11) is 0. The van der Waals surface area contributed by atoms with Crippen LogP contribution in [0.5, 0.6) is 5.75 Å². The van der Waals surface area contributed by atoms with Crippen LogP contribution < -0.4 is 10.1 Å². The van der Waals surface area contributed by atoms with E-state index in [1.54, 1.807) is 42.5 Å². The van der Waals surface area contributed by atoms with Crippen LogP contribution >= 0.6 is 0 Å². The van der Waals surface area contributed by atoms with E-state index in [1.165, 1.54) is 6.92 Å². The summed E-state index contributed by atoms with van der Waals surface area (Å²) in [5, 5.41) is 2.83. The Morgan fingerprint density at radius 2 is 1.50 bits per heavy atom. The zero-order valence-electron chi connectivity index (χ0n) is 14.4. The average Bonchev–Trinajstić information content (AvgIpc) is 2.68. The largest absolute Gasteiger partial charge is 0.488 e. The first-order valence-electron chi connectivity index (χ1n) is 8.31. The SMILES string of the molecule is CC(=O)c1ccc(NC(=O)c2ccccc2OCc2ccccc2)cc1. The van der Waals surface area contributed by atoms with Crippen molar-refractivity contribution in [3.8, 4) is 5.75 Å². The van der Waals surface area contributed by atoms with Crippen LogP contribution in [0.1, 0.15) is 33.2 Å². The maximum absolute atomic E-state index is 12.6. The van der Waals surface area contributed by atoms with E-state index < -0.39 is 0 Å². The van der Waals surface area contributed by atoms with Gasteiger partial charge in [0.1, 0.15) is 12.4 Å². The van der Waals surface area contributed by atoms with Crippen molar-refractivity contribution >= 4 is 17.4 Å². The molecule has 0 saturated heterocycles. The molecule has 26 heavy (non-hydrogen) atoms. The number of para-hydroxylation sites is 1. The average molecular weight is 345 g/mol. The summed E-state index contributed by atoms with van der Waals surface area (Å²) < 4.78 is 5.83. The van der Waals surface area contributed by atoms with Crippen LogP contribution in [0, 0.1) is 0 Å². The second kappa shape index (κ2) is 8.12. The molecule has 3 aromatic rings. The Balaban J connectivity index is 1.72. The second-order valence-electron chi connectivity index (χ2n) is 5.86. The minimum absolute atomic E-state index is 0.0115. The van der Waals surface area contributed by atoms with Crippen molar-refractivity contribution < 1.29 is 14.3 Å². The maximum Gasteiger partial charge on any atom is 0.259 e. The molecule has 3 aromatic carbocycles. The standard InChI is InChI=1S/C22H19NO3/c1-16(24)18-11-13-19(14-12-18)23-22(25)20-9-5-6-10-21(20)26-15-17-7-3-2-4-8-17/h2-14H,15H2,1H3,(H,23,25). The van der Waals surface area contributed by atoms with Crippen LogP contribution in [0.3, 0.4) is 0 Å².